The largest absolute Gasteiger partial charge is 0.481 e. The number of amides is 1. The summed E-state index contributed by atoms with van der Waals surface area (Å²) in [6.07, 6.45) is 0.770. The van der Waals surface area contributed by atoms with Crippen molar-refractivity contribution in [1.29, 1.82) is 0 Å². The van der Waals surface area contributed by atoms with E-state index in [1.165, 1.54) is 4.90 Å². The van der Waals surface area contributed by atoms with Gasteiger partial charge in [0.15, 0.2) is 21.3 Å². The molecule has 3 heterocycles. The molecular weight excluding hydrogens is 384 g/mol. The molecule has 27 heavy (non-hydrogen) atoms. The first kappa shape index (κ1) is 21.2. The Morgan fingerprint density at radius 3 is 2.41 bits per heavy atom. The molecule has 2 aliphatic heterocycles. The van der Waals surface area contributed by atoms with Gasteiger partial charge in [-0.3, -0.25) is 9.59 Å². The Morgan fingerprint density at radius 1 is 1.30 bits per heavy atom. The van der Waals surface area contributed by atoms with Gasteiger partial charge in [-0.05, 0) is 14.1 Å². The minimum absolute atomic E-state index is 0.0225. The number of carboxylic acid groups (broad SMARTS) is 1. The SMILES string of the molecule is CC(=O)O.CN(C)[C@@H]1CS(=O)(=O)[C@H]2CN(C(=O)c3ncc(F)cc3F)C[C@@H]12. The van der Waals surface area contributed by atoms with E-state index >= 15 is 0 Å². The van der Waals surface area contributed by atoms with Gasteiger partial charge in [0, 0.05) is 38.0 Å². The number of sulfone groups is 1. The number of rotatable bonds is 2. The number of hydrogen-bond donors (Lipinski definition) is 1. The maximum atomic E-state index is 13.7. The molecule has 1 aromatic heterocycles. The third-order valence-corrected chi connectivity index (χ3v) is 6.86. The first-order valence-corrected chi connectivity index (χ1v) is 9.83. The second-order valence-electron chi connectivity index (χ2n) is 6.78. The van der Waals surface area contributed by atoms with Crippen LogP contribution in [0.4, 0.5) is 8.78 Å². The molecule has 0 unspecified atom stereocenters. The van der Waals surface area contributed by atoms with E-state index in [0.29, 0.717) is 6.07 Å². The van der Waals surface area contributed by atoms with Gasteiger partial charge in [0.05, 0.1) is 17.2 Å². The van der Waals surface area contributed by atoms with Crippen LogP contribution >= 0.6 is 0 Å². The Bertz CT molecular complexity index is 842. The number of aliphatic carboxylic acids is 1. The quantitative estimate of drug-likeness (QED) is 0.751. The molecular formula is C16H21F2N3O5S. The van der Waals surface area contributed by atoms with E-state index in [1.807, 2.05) is 4.90 Å². The maximum Gasteiger partial charge on any atom is 0.300 e. The fourth-order valence-corrected chi connectivity index (χ4v) is 5.93. The summed E-state index contributed by atoms with van der Waals surface area (Å²) in [5.41, 5.74) is -0.481. The predicted octanol–water partition coefficient (Wildman–Crippen LogP) is 0.250. The number of nitrogens with zero attached hydrogens (tertiary/aromatic N) is 3. The van der Waals surface area contributed by atoms with E-state index in [9.17, 15) is 22.0 Å². The van der Waals surface area contributed by atoms with Crippen molar-refractivity contribution in [2.24, 2.45) is 5.92 Å². The van der Waals surface area contributed by atoms with Gasteiger partial charge in [-0.2, -0.15) is 0 Å². The fraction of sp³-hybridized carbons (Fsp3) is 0.562. The van der Waals surface area contributed by atoms with Crippen molar-refractivity contribution in [1.82, 2.24) is 14.8 Å². The smallest absolute Gasteiger partial charge is 0.300 e. The van der Waals surface area contributed by atoms with Gasteiger partial charge in [-0.25, -0.2) is 22.2 Å². The fourth-order valence-electron chi connectivity index (χ4n) is 3.45. The van der Waals surface area contributed by atoms with Crippen LogP contribution in [0.2, 0.25) is 0 Å². The van der Waals surface area contributed by atoms with Crippen LogP contribution in [0.25, 0.3) is 0 Å². The van der Waals surface area contributed by atoms with Crippen molar-refractivity contribution >= 4 is 21.7 Å². The van der Waals surface area contributed by atoms with Crippen molar-refractivity contribution in [2.75, 3.05) is 32.9 Å². The zero-order valence-corrected chi connectivity index (χ0v) is 15.9. The lowest BCUT2D eigenvalue weighted by molar-refractivity contribution is -0.134. The lowest BCUT2D eigenvalue weighted by atomic mass is 10.00. The lowest BCUT2D eigenvalue weighted by Gasteiger charge is -2.25. The van der Waals surface area contributed by atoms with Crippen molar-refractivity contribution < 1.29 is 31.9 Å². The van der Waals surface area contributed by atoms with Crippen LogP contribution in [0.15, 0.2) is 12.3 Å². The molecule has 11 heteroatoms. The summed E-state index contributed by atoms with van der Waals surface area (Å²) in [6.45, 7) is 1.33. The van der Waals surface area contributed by atoms with Crippen LogP contribution in [0, 0.1) is 17.6 Å². The van der Waals surface area contributed by atoms with Gasteiger partial charge in [-0.1, -0.05) is 0 Å². The summed E-state index contributed by atoms with van der Waals surface area (Å²) in [5.74, 6) is -3.58. The van der Waals surface area contributed by atoms with Gasteiger partial charge in [0.2, 0.25) is 0 Å². The molecule has 0 bridgehead atoms. The standard InChI is InChI=1S/C14H17F2N3O3S.C2H4O2/c1-18(2)11-7-23(21,22)12-6-19(5-9(11)12)14(20)13-10(16)3-8(15)4-17-13;1-2(3)4/h3-4,9,11-12H,5-7H2,1-2H3;1H3,(H,3,4)/t9-,11+,12-;/m0./s1. The van der Waals surface area contributed by atoms with Crippen LogP contribution in [0.5, 0.6) is 0 Å². The number of carbonyl (C=O) groups excluding carboxylic acids is 1. The number of likely N-dealkylation sites (tertiary alicyclic amines) is 1. The van der Waals surface area contributed by atoms with Crippen LogP contribution in [0.3, 0.4) is 0 Å². The minimum atomic E-state index is -3.29. The normalized spacial score (nSPS) is 25.7. The third kappa shape index (κ3) is 4.59. The number of pyridine rings is 1. The molecule has 1 aromatic rings. The second-order valence-corrected chi connectivity index (χ2v) is 9.04. The highest BCUT2D eigenvalue weighted by atomic mass is 32.2. The van der Waals surface area contributed by atoms with E-state index in [-0.39, 0.29) is 30.8 Å². The van der Waals surface area contributed by atoms with E-state index in [1.54, 1.807) is 14.1 Å². The first-order valence-electron chi connectivity index (χ1n) is 8.12. The number of halogens is 2. The van der Waals surface area contributed by atoms with Gasteiger partial charge < -0.3 is 14.9 Å². The van der Waals surface area contributed by atoms with E-state index < -0.39 is 44.3 Å². The monoisotopic (exact) mass is 405 g/mol. The molecule has 8 nitrogen and oxygen atoms in total. The van der Waals surface area contributed by atoms with Gasteiger partial charge >= 0.3 is 0 Å². The molecule has 3 atom stereocenters. The molecule has 2 fully saturated rings. The molecule has 0 saturated carbocycles. The Balaban J connectivity index is 0.000000596. The average molecular weight is 405 g/mol. The van der Waals surface area contributed by atoms with Crippen molar-refractivity contribution in [2.45, 2.75) is 18.2 Å². The predicted molar refractivity (Wildman–Crippen MR) is 91.9 cm³/mol. The Morgan fingerprint density at radius 2 is 1.89 bits per heavy atom. The van der Waals surface area contributed by atoms with Gasteiger partial charge in [0.1, 0.15) is 5.82 Å². The minimum Gasteiger partial charge on any atom is -0.481 e. The van der Waals surface area contributed by atoms with E-state index in [0.717, 1.165) is 13.1 Å². The number of carbonyl (C=O) groups is 2. The van der Waals surface area contributed by atoms with E-state index in [2.05, 4.69) is 4.98 Å². The highest BCUT2D eigenvalue weighted by Gasteiger charge is 2.53. The highest BCUT2D eigenvalue weighted by molar-refractivity contribution is 7.92. The summed E-state index contributed by atoms with van der Waals surface area (Å²) >= 11 is 0. The average Bonchev–Trinajstić information content (AvgIpc) is 3.06. The summed E-state index contributed by atoms with van der Waals surface area (Å²) in [6, 6.07) is 0.421. The van der Waals surface area contributed by atoms with Gasteiger partial charge in [-0.15, -0.1) is 0 Å². The maximum absolute atomic E-state index is 13.7. The molecule has 3 rings (SSSR count). The van der Waals surface area contributed by atoms with Crippen molar-refractivity contribution in [3.8, 4) is 0 Å². The van der Waals surface area contributed by atoms with Crippen LogP contribution in [0.1, 0.15) is 17.4 Å². The first-order chi connectivity index (χ1) is 12.4. The molecule has 2 aliphatic rings. The second kappa shape index (κ2) is 7.85. The van der Waals surface area contributed by atoms with Crippen molar-refractivity contribution in [3.63, 3.8) is 0 Å². The topological polar surface area (TPSA) is 108 Å². The number of carboxylic acids is 1. The Kier molecular flexibility index (Phi) is 6.15. The van der Waals surface area contributed by atoms with Crippen LogP contribution in [-0.2, 0) is 14.6 Å². The van der Waals surface area contributed by atoms with Crippen molar-refractivity contribution in [3.05, 3.63) is 29.6 Å². The lowest BCUT2D eigenvalue weighted by Crippen LogP contribution is -2.39. The molecule has 0 aliphatic carbocycles. The van der Waals surface area contributed by atoms with Crippen LogP contribution in [-0.4, -0.2) is 84.4 Å². The third-order valence-electron chi connectivity index (χ3n) is 4.63. The molecule has 1 amide bonds. The summed E-state index contributed by atoms with van der Waals surface area (Å²) in [4.78, 5) is 28.0. The number of fused-ring (bicyclic) bond motifs is 1. The Hall–Kier alpha value is -2.14. The van der Waals surface area contributed by atoms with Crippen LogP contribution < -0.4 is 0 Å². The highest BCUT2D eigenvalue weighted by Crippen LogP contribution is 2.36. The molecule has 0 spiro atoms. The summed E-state index contributed by atoms with van der Waals surface area (Å²) in [7, 11) is 0.306. The zero-order valence-electron chi connectivity index (χ0n) is 15.1. The molecule has 0 aromatic carbocycles. The number of hydrogen-bond acceptors (Lipinski definition) is 6. The van der Waals surface area contributed by atoms with E-state index in [4.69, 9.17) is 9.90 Å². The number of aromatic nitrogens is 1. The Labute approximate surface area is 155 Å². The molecule has 2 saturated heterocycles. The summed E-state index contributed by atoms with van der Waals surface area (Å²) < 4.78 is 51.2. The molecule has 1 N–H and O–H groups in total. The molecule has 150 valence electrons. The molecule has 0 radical (unpaired) electrons. The summed E-state index contributed by atoms with van der Waals surface area (Å²) in [5, 5.41) is 6.78. The van der Waals surface area contributed by atoms with Gasteiger partial charge in [0.25, 0.3) is 11.9 Å². The zero-order chi connectivity index (χ0) is 20.5.